The van der Waals surface area contributed by atoms with Crippen LogP contribution in [-0.2, 0) is 0 Å². The largest absolute Gasteiger partial charge is 0.494 e. The fourth-order valence-corrected chi connectivity index (χ4v) is 3.85. The van der Waals surface area contributed by atoms with Gasteiger partial charge in [0.15, 0.2) is 4.80 Å². The number of thiazole rings is 1. The summed E-state index contributed by atoms with van der Waals surface area (Å²) < 4.78 is 7.73. The van der Waals surface area contributed by atoms with Crippen molar-refractivity contribution in [3.8, 4) is 22.7 Å². The average molecular weight is 453 g/mol. The highest BCUT2D eigenvalue weighted by Gasteiger charge is 2.09. The van der Waals surface area contributed by atoms with Gasteiger partial charge >= 0.3 is 0 Å². The molecular weight excluding hydrogens is 432 g/mol. The third-order valence-corrected chi connectivity index (χ3v) is 4.99. The van der Waals surface area contributed by atoms with Gasteiger partial charge in [-0.15, -0.1) is 28.3 Å². The molecule has 0 bridgehead atoms. The molecule has 0 aliphatic heterocycles. The summed E-state index contributed by atoms with van der Waals surface area (Å²) in [5, 5.41) is 2.16. The van der Waals surface area contributed by atoms with Crippen molar-refractivity contribution in [1.29, 1.82) is 0 Å². The van der Waals surface area contributed by atoms with E-state index in [0.29, 0.717) is 6.61 Å². The number of aromatic nitrogens is 1. The molecule has 0 atom stereocenters. The topological polar surface area (TPSA) is 26.5 Å². The average Bonchev–Trinajstić information content (AvgIpc) is 3.14. The fourth-order valence-electron chi connectivity index (χ4n) is 2.92. The molecule has 0 spiro atoms. The predicted molar refractivity (Wildman–Crippen MR) is 122 cm³/mol. The third-order valence-electron chi connectivity index (χ3n) is 4.16. The van der Waals surface area contributed by atoms with Crippen LogP contribution in [0.4, 0.5) is 5.69 Å². The summed E-state index contributed by atoms with van der Waals surface area (Å²) in [6.07, 6.45) is 0. The van der Waals surface area contributed by atoms with Crippen molar-refractivity contribution < 1.29 is 4.74 Å². The first-order chi connectivity index (χ1) is 13.3. The molecule has 0 aliphatic carbocycles. The van der Waals surface area contributed by atoms with Gasteiger partial charge in [0.05, 0.1) is 18.0 Å². The molecule has 0 saturated carbocycles. The van der Waals surface area contributed by atoms with Gasteiger partial charge in [0, 0.05) is 11.1 Å². The maximum absolute atomic E-state index is 5.52. The number of rotatable bonds is 5. The summed E-state index contributed by atoms with van der Waals surface area (Å²) in [7, 11) is 0. The van der Waals surface area contributed by atoms with Crippen molar-refractivity contribution in [2.75, 3.05) is 6.61 Å². The summed E-state index contributed by atoms with van der Waals surface area (Å²) in [4.78, 5) is 5.83. The standard InChI is InChI=1S/C23H20N2OS.BrH/c1-2-26-21-15-13-19(14-16-21)24-23-25(20-11-7-4-8-12-20)22(17-27-23)18-9-5-3-6-10-18;/h3-17H,2H2,1H3;1H. The van der Waals surface area contributed by atoms with Gasteiger partial charge in [-0.25, -0.2) is 4.99 Å². The molecule has 28 heavy (non-hydrogen) atoms. The Morgan fingerprint density at radius 2 is 1.50 bits per heavy atom. The Hall–Kier alpha value is -2.63. The number of nitrogens with zero attached hydrogens (tertiary/aromatic N) is 2. The molecule has 0 unspecified atom stereocenters. The fraction of sp³-hybridized carbons (Fsp3) is 0.0870. The second-order valence-electron chi connectivity index (χ2n) is 5.98. The molecule has 1 heterocycles. The first-order valence-electron chi connectivity index (χ1n) is 8.94. The summed E-state index contributed by atoms with van der Waals surface area (Å²) in [5.74, 6) is 0.864. The van der Waals surface area contributed by atoms with Crippen molar-refractivity contribution in [2.45, 2.75) is 6.92 Å². The van der Waals surface area contributed by atoms with E-state index in [9.17, 15) is 0 Å². The minimum Gasteiger partial charge on any atom is -0.494 e. The molecule has 0 saturated heterocycles. The van der Waals surface area contributed by atoms with E-state index in [0.717, 1.165) is 27.6 Å². The molecular formula is C23H21BrN2OS. The molecule has 0 aliphatic rings. The maximum atomic E-state index is 5.52. The van der Waals surface area contributed by atoms with Crippen LogP contribution in [-0.4, -0.2) is 11.2 Å². The monoisotopic (exact) mass is 452 g/mol. The number of hydrogen-bond acceptors (Lipinski definition) is 3. The van der Waals surface area contributed by atoms with Crippen molar-refractivity contribution in [3.05, 3.63) is 95.1 Å². The van der Waals surface area contributed by atoms with Crippen molar-refractivity contribution in [1.82, 2.24) is 4.57 Å². The van der Waals surface area contributed by atoms with E-state index in [4.69, 9.17) is 9.73 Å². The molecule has 4 aromatic rings. The predicted octanol–water partition coefficient (Wildman–Crippen LogP) is 6.41. The van der Waals surface area contributed by atoms with Gasteiger partial charge in [-0.1, -0.05) is 48.5 Å². The third kappa shape index (κ3) is 4.43. The molecule has 142 valence electrons. The molecule has 5 heteroatoms. The van der Waals surface area contributed by atoms with Gasteiger partial charge in [0.1, 0.15) is 5.75 Å². The SMILES string of the molecule is Br.CCOc1ccc(N=c2scc(-c3ccccc3)n2-c2ccccc2)cc1. The van der Waals surface area contributed by atoms with Crippen LogP contribution in [0.25, 0.3) is 16.9 Å². The first-order valence-corrected chi connectivity index (χ1v) is 9.82. The van der Waals surface area contributed by atoms with Crippen molar-refractivity contribution in [2.24, 2.45) is 4.99 Å². The Kier molecular flexibility index (Phi) is 6.85. The zero-order valence-electron chi connectivity index (χ0n) is 15.5. The van der Waals surface area contributed by atoms with E-state index in [2.05, 4.69) is 58.5 Å². The first kappa shape index (κ1) is 20.1. The van der Waals surface area contributed by atoms with Crippen molar-refractivity contribution in [3.63, 3.8) is 0 Å². The highest BCUT2D eigenvalue weighted by Crippen LogP contribution is 2.24. The minimum absolute atomic E-state index is 0. The van der Waals surface area contributed by atoms with E-state index in [1.807, 2.05) is 43.3 Å². The Balaban J connectivity index is 0.00000225. The van der Waals surface area contributed by atoms with Crippen LogP contribution in [0.3, 0.4) is 0 Å². The maximum Gasteiger partial charge on any atom is 0.195 e. The van der Waals surface area contributed by atoms with E-state index < -0.39 is 0 Å². The lowest BCUT2D eigenvalue weighted by atomic mass is 10.1. The minimum atomic E-state index is 0. The molecule has 3 aromatic carbocycles. The second kappa shape index (κ2) is 9.53. The lowest BCUT2D eigenvalue weighted by molar-refractivity contribution is 0.340. The molecule has 1 aromatic heterocycles. The molecule has 0 amide bonds. The highest BCUT2D eigenvalue weighted by molar-refractivity contribution is 8.93. The summed E-state index contributed by atoms with van der Waals surface area (Å²) in [6, 6.07) is 28.7. The number of para-hydroxylation sites is 1. The second-order valence-corrected chi connectivity index (χ2v) is 6.82. The Labute approximate surface area is 179 Å². The molecule has 0 N–H and O–H groups in total. The Morgan fingerprint density at radius 1 is 0.857 bits per heavy atom. The van der Waals surface area contributed by atoms with E-state index >= 15 is 0 Å². The van der Waals surface area contributed by atoms with Crippen LogP contribution in [0.5, 0.6) is 5.75 Å². The highest BCUT2D eigenvalue weighted by atomic mass is 79.9. The zero-order valence-corrected chi connectivity index (χ0v) is 18.0. The van der Waals surface area contributed by atoms with Gasteiger partial charge in [0.2, 0.25) is 0 Å². The van der Waals surface area contributed by atoms with E-state index in [1.54, 1.807) is 11.3 Å². The van der Waals surface area contributed by atoms with Gasteiger partial charge in [-0.2, -0.15) is 0 Å². The zero-order chi connectivity index (χ0) is 18.5. The number of ether oxygens (including phenoxy) is 1. The van der Waals surface area contributed by atoms with Crippen LogP contribution >= 0.6 is 28.3 Å². The molecule has 3 nitrogen and oxygen atoms in total. The van der Waals surface area contributed by atoms with Crippen LogP contribution in [0, 0.1) is 0 Å². The number of benzene rings is 3. The van der Waals surface area contributed by atoms with Gasteiger partial charge in [-0.05, 0) is 48.9 Å². The van der Waals surface area contributed by atoms with Crippen molar-refractivity contribution >= 4 is 34.0 Å². The van der Waals surface area contributed by atoms with Crippen LogP contribution in [0.15, 0.2) is 95.3 Å². The summed E-state index contributed by atoms with van der Waals surface area (Å²) in [5.41, 5.74) is 4.31. The Morgan fingerprint density at radius 3 is 2.14 bits per heavy atom. The molecule has 0 radical (unpaired) electrons. The normalized spacial score (nSPS) is 11.1. The summed E-state index contributed by atoms with van der Waals surface area (Å²) in [6.45, 7) is 2.65. The van der Waals surface area contributed by atoms with Crippen LogP contribution in [0.1, 0.15) is 6.92 Å². The molecule has 4 rings (SSSR count). The van der Waals surface area contributed by atoms with Gasteiger partial charge in [0.25, 0.3) is 0 Å². The lowest BCUT2D eigenvalue weighted by Crippen LogP contribution is -2.13. The smallest absolute Gasteiger partial charge is 0.195 e. The van der Waals surface area contributed by atoms with E-state index in [1.165, 1.54) is 5.56 Å². The number of hydrogen-bond donors (Lipinski definition) is 0. The van der Waals surface area contributed by atoms with Gasteiger partial charge < -0.3 is 4.74 Å². The number of halogens is 1. The van der Waals surface area contributed by atoms with Gasteiger partial charge in [-0.3, -0.25) is 4.57 Å². The van der Waals surface area contributed by atoms with E-state index in [-0.39, 0.29) is 17.0 Å². The van der Waals surface area contributed by atoms with Crippen LogP contribution < -0.4 is 9.54 Å². The lowest BCUT2D eigenvalue weighted by Gasteiger charge is -2.09. The molecule has 0 fully saturated rings. The quantitative estimate of drug-likeness (QED) is 0.343. The van der Waals surface area contributed by atoms with Crippen LogP contribution in [0.2, 0.25) is 0 Å². The summed E-state index contributed by atoms with van der Waals surface area (Å²) >= 11 is 1.64. The Bertz CT molecular complexity index is 1070.